The van der Waals surface area contributed by atoms with Crippen molar-refractivity contribution in [3.63, 3.8) is 0 Å². The van der Waals surface area contributed by atoms with Gasteiger partial charge in [0.15, 0.2) is 5.17 Å². The quantitative estimate of drug-likeness (QED) is 0.574. The largest absolute Gasteiger partial charge is 0.326 e. The van der Waals surface area contributed by atoms with Gasteiger partial charge in [0.25, 0.3) is 0 Å². The Hall–Kier alpha value is -2.64. The highest BCUT2D eigenvalue weighted by molar-refractivity contribution is 8.15. The number of nitrogens with zero attached hydrogens (tertiary/aromatic N) is 2. The van der Waals surface area contributed by atoms with Gasteiger partial charge in [-0.25, -0.2) is 0 Å². The number of carbonyl (C=O) groups excluding carboxylic acids is 2. The van der Waals surface area contributed by atoms with Gasteiger partial charge in [-0.15, -0.1) is 5.10 Å². The Morgan fingerprint density at radius 2 is 2.00 bits per heavy atom. The van der Waals surface area contributed by atoms with Gasteiger partial charge in [0, 0.05) is 17.1 Å². The highest BCUT2D eigenvalue weighted by Gasteiger charge is 2.32. The van der Waals surface area contributed by atoms with E-state index in [1.54, 1.807) is 18.3 Å². The summed E-state index contributed by atoms with van der Waals surface area (Å²) in [6.07, 6.45) is 1.63. The van der Waals surface area contributed by atoms with Crippen molar-refractivity contribution in [2.45, 2.75) is 25.5 Å². The van der Waals surface area contributed by atoms with Gasteiger partial charge in [-0.1, -0.05) is 47.6 Å². The van der Waals surface area contributed by atoms with Gasteiger partial charge in [0.1, 0.15) is 5.25 Å². The van der Waals surface area contributed by atoms with Gasteiger partial charge >= 0.3 is 0 Å². The van der Waals surface area contributed by atoms with Gasteiger partial charge in [-0.05, 0) is 48.7 Å². The van der Waals surface area contributed by atoms with Crippen molar-refractivity contribution >= 4 is 52.2 Å². The van der Waals surface area contributed by atoms with Crippen LogP contribution in [0.25, 0.3) is 0 Å². The third kappa shape index (κ3) is 5.21. The number of thioether (sulfide) groups is 1. The minimum absolute atomic E-state index is 0.0593. The number of hydrogen-bond acceptors (Lipinski definition) is 5. The summed E-state index contributed by atoms with van der Waals surface area (Å²) in [5, 5.41) is 14.0. The molecule has 1 unspecified atom stereocenters. The molecule has 0 saturated carbocycles. The van der Waals surface area contributed by atoms with Gasteiger partial charge < -0.3 is 10.6 Å². The minimum atomic E-state index is -0.533. The summed E-state index contributed by atoms with van der Waals surface area (Å²) < 4.78 is 0. The fourth-order valence-electron chi connectivity index (χ4n) is 2.54. The Kier molecular flexibility index (Phi) is 6.49. The van der Waals surface area contributed by atoms with Crippen LogP contribution in [0, 0.1) is 13.8 Å². The van der Waals surface area contributed by atoms with Crippen LogP contribution in [0.2, 0.25) is 5.02 Å². The van der Waals surface area contributed by atoms with Gasteiger partial charge in [-0.2, -0.15) is 5.10 Å². The molecule has 1 aliphatic rings. The molecule has 0 radical (unpaired) electrons. The van der Waals surface area contributed by atoms with E-state index in [-0.39, 0.29) is 18.2 Å². The van der Waals surface area contributed by atoms with Crippen LogP contribution >= 0.6 is 23.4 Å². The molecule has 2 aromatic rings. The Labute approximate surface area is 172 Å². The van der Waals surface area contributed by atoms with E-state index in [2.05, 4.69) is 20.8 Å². The number of carbonyl (C=O) groups is 2. The monoisotopic (exact) mass is 414 g/mol. The zero-order chi connectivity index (χ0) is 20.1. The zero-order valence-corrected chi connectivity index (χ0v) is 17.0. The van der Waals surface area contributed by atoms with E-state index in [1.807, 2.05) is 44.2 Å². The van der Waals surface area contributed by atoms with Gasteiger partial charge in [-0.3, -0.25) is 9.59 Å². The fourth-order valence-corrected chi connectivity index (χ4v) is 3.59. The maximum atomic E-state index is 12.3. The Bertz CT molecular complexity index is 957. The number of anilines is 1. The van der Waals surface area contributed by atoms with E-state index >= 15 is 0 Å². The Morgan fingerprint density at radius 3 is 2.75 bits per heavy atom. The second-order valence-corrected chi connectivity index (χ2v) is 7.92. The molecular formula is C20H19ClN4O2S. The van der Waals surface area contributed by atoms with E-state index in [4.69, 9.17) is 11.6 Å². The van der Waals surface area contributed by atoms with Crippen LogP contribution in [0.15, 0.2) is 52.7 Å². The van der Waals surface area contributed by atoms with E-state index in [9.17, 15) is 9.59 Å². The van der Waals surface area contributed by atoms with Crippen molar-refractivity contribution in [2.24, 2.45) is 10.2 Å². The van der Waals surface area contributed by atoms with Crippen LogP contribution in [0.3, 0.4) is 0 Å². The third-order valence-corrected chi connectivity index (χ3v) is 5.58. The molecule has 0 aliphatic carbocycles. The second-order valence-electron chi connectivity index (χ2n) is 6.30. The zero-order valence-electron chi connectivity index (χ0n) is 15.4. The van der Waals surface area contributed by atoms with Crippen molar-refractivity contribution in [3.8, 4) is 0 Å². The number of rotatable bonds is 5. The summed E-state index contributed by atoms with van der Waals surface area (Å²) in [5.74, 6) is -0.464. The molecule has 144 valence electrons. The highest BCUT2D eigenvalue weighted by atomic mass is 35.5. The summed E-state index contributed by atoms with van der Waals surface area (Å²) >= 11 is 7.03. The van der Waals surface area contributed by atoms with Crippen LogP contribution in [-0.2, 0) is 9.59 Å². The minimum Gasteiger partial charge on any atom is -0.326 e. The van der Waals surface area contributed by atoms with Crippen LogP contribution in [-0.4, -0.2) is 28.4 Å². The summed E-state index contributed by atoms with van der Waals surface area (Å²) in [6.45, 7) is 3.93. The molecule has 1 heterocycles. The first-order chi connectivity index (χ1) is 13.4. The molecule has 0 bridgehead atoms. The Balaban J connectivity index is 1.57. The van der Waals surface area contributed by atoms with Gasteiger partial charge in [0.2, 0.25) is 11.8 Å². The lowest BCUT2D eigenvalue weighted by Gasteiger charge is -2.11. The first kappa shape index (κ1) is 20.1. The van der Waals surface area contributed by atoms with Crippen molar-refractivity contribution in [1.82, 2.24) is 5.32 Å². The van der Waals surface area contributed by atoms with Crippen LogP contribution < -0.4 is 10.6 Å². The van der Waals surface area contributed by atoms with E-state index in [1.165, 1.54) is 11.8 Å². The number of nitrogens with one attached hydrogen (secondary N) is 2. The molecule has 3 rings (SSSR count). The SMILES string of the molecule is Cc1cccc(NC(=O)CC2S/C(=N/N=C/c3ccc(Cl)cc3)NC2=O)c1C. The molecule has 0 spiro atoms. The lowest BCUT2D eigenvalue weighted by atomic mass is 10.1. The summed E-state index contributed by atoms with van der Waals surface area (Å²) in [6, 6.07) is 12.9. The maximum Gasteiger partial charge on any atom is 0.240 e. The number of halogens is 1. The summed E-state index contributed by atoms with van der Waals surface area (Å²) in [7, 11) is 0. The predicted molar refractivity (Wildman–Crippen MR) is 115 cm³/mol. The molecule has 0 aromatic heterocycles. The van der Waals surface area contributed by atoms with Crippen molar-refractivity contribution in [2.75, 3.05) is 5.32 Å². The molecule has 2 aromatic carbocycles. The van der Waals surface area contributed by atoms with Crippen LogP contribution in [0.1, 0.15) is 23.1 Å². The third-order valence-electron chi connectivity index (χ3n) is 4.25. The lowest BCUT2D eigenvalue weighted by Crippen LogP contribution is -2.28. The molecule has 2 amide bonds. The normalized spacial score (nSPS) is 17.9. The lowest BCUT2D eigenvalue weighted by molar-refractivity contribution is -0.122. The molecular weight excluding hydrogens is 396 g/mol. The fraction of sp³-hybridized carbons (Fsp3) is 0.200. The maximum absolute atomic E-state index is 12.3. The first-order valence-electron chi connectivity index (χ1n) is 8.62. The molecule has 6 nitrogen and oxygen atoms in total. The Morgan fingerprint density at radius 1 is 1.25 bits per heavy atom. The second kappa shape index (κ2) is 9.03. The smallest absolute Gasteiger partial charge is 0.240 e. The number of hydrogen-bond donors (Lipinski definition) is 2. The van der Waals surface area contributed by atoms with Crippen LogP contribution in [0.5, 0.6) is 0 Å². The molecule has 1 aliphatic heterocycles. The first-order valence-corrected chi connectivity index (χ1v) is 9.88. The molecule has 8 heteroatoms. The molecule has 1 atom stereocenters. The average Bonchev–Trinajstić information content (AvgIpc) is 3.00. The summed E-state index contributed by atoms with van der Waals surface area (Å²) in [5.41, 5.74) is 3.71. The van der Waals surface area contributed by atoms with E-state index in [0.29, 0.717) is 10.2 Å². The highest BCUT2D eigenvalue weighted by Crippen LogP contribution is 2.24. The predicted octanol–water partition coefficient (Wildman–Crippen LogP) is 3.91. The van der Waals surface area contributed by atoms with Gasteiger partial charge in [0.05, 0.1) is 6.21 Å². The van der Waals surface area contributed by atoms with E-state index < -0.39 is 5.25 Å². The molecule has 2 N–H and O–H groups in total. The number of amidine groups is 1. The number of aryl methyl sites for hydroxylation is 1. The number of benzene rings is 2. The molecule has 1 fully saturated rings. The van der Waals surface area contributed by atoms with E-state index in [0.717, 1.165) is 22.4 Å². The average molecular weight is 415 g/mol. The van der Waals surface area contributed by atoms with Crippen LogP contribution in [0.4, 0.5) is 5.69 Å². The standard InChI is InChI=1S/C20H19ClN4O2S/c1-12-4-3-5-16(13(12)2)23-18(26)10-17-19(27)24-20(28-17)25-22-11-14-6-8-15(21)9-7-14/h3-9,11,17H,10H2,1-2H3,(H,23,26)(H,24,25,27)/b22-11+. The summed E-state index contributed by atoms with van der Waals surface area (Å²) in [4.78, 5) is 24.4. The molecule has 28 heavy (non-hydrogen) atoms. The number of amides is 2. The van der Waals surface area contributed by atoms with Crippen molar-refractivity contribution in [3.05, 3.63) is 64.2 Å². The van der Waals surface area contributed by atoms with Crippen molar-refractivity contribution in [1.29, 1.82) is 0 Å². The van der Waals surface area contributed by atoms with Crippen molar-refractivity contribution < 1.29 is 9.59 Å². The topological polar surface area (TPSA) is 82.9 Å². The molecule has 1 saturated heterocycles.